The van der Waals surface area contributed by atoms with Crippen molar-refractivity contribution in [1.29, 1.82) is 0 Å². The van der Waals surface area contributed by atoms with E-state index in [0.29, 0.717) is 10.8 Å². The molecular weight excluding hydrogens is 401 g/mol. The van der Waals surface area contributed by atoms with Crippen LogP contribution in [0.5, 0.6) is 5.75 Å². The molecule has 2 aromatic carbocycles. The SMILES string of the molecule is CN(C)S(=O)(=O)c1ccc(Cl)c(C(=O)OCCOc2cccc(Cl)c2)c1. The maximum atomic E-state index is 12.2. The number of carbonyl (C=O) groups excluding carboxylic acids is 1. The van der Waals surface area contributed by atoms with E-state index < -0.39 is 16.0 Å². The fraction of sp³-hybridized carbons (Fsp3) is 0.235. The van der Waals surface area contributed by atoms with Crippen molar-refractivity contribution in [3.8, 4) is 5.75 Å². The molecule has 0 aromatic heterocycles. The highest BCUT2D eigenvalue weighted by molar-refractivity contribution is 7.89. The van der Waals surface area contributed by atoms with E-state index >= 15 is 0 Å². The van der Waals surface area contributed by atoms with Crippen molar-refractivity contribution in [2.45, 2.75) is 4.90 Å². The minimum atomic E-state index is -3.69. The molecule has 6 nitrogen and oxygen atoms in total. The molecule has 9 heteroatoms. The van der Waals surface area contributed by atoms with E-state index in [4.69, 9.17) is 32.7 Å². The van der Waals surface area contributed by atoms with Gasteiger partial charge >= 0.3 is 5.97 Å². The van der Waals surface area contributed by atoms with E-state index in [2.05, 4.69) is 0 Å². The molecule has 0 N–H and O–H groups in total. The standard InChI is InChI=1S/C17H17Cl2NO5S/c1-20(2)26(22,23)14-6-7-16(19)15(11-14)17(21)25-9-8-24-13-5-3-4-12(18)10-13/h3-7,10-11H,8-9H2,1-2H3. The highest BCUT2D eigenvalue weighted by atomic mass is 35.5. The molecule has 0 spiro atoms. The summed E-state index contributed by atoms with van der Waals surface area (Å²) in [4.78, 5) is 12.1. The molecule has 2 rings (SSSR count). The van der Waals surface area contributed by atoms with Gasteiger partial charge in [0.2, 0.25) is 10.0 Å². The Hall–Kier alpha value is -1.80. The fourth-order valence-electron chi connectivity index (χ4n) is 1.96. The molecule has 26 heavy (non-hydrogen) atoms. The molecule has 0 saturated heterocycles. The summed E-state index contributed by atoms with van der Waals surface area (Å²) in [5, 5.41) is 0.633. The van der Waals surface area contributed by atoms with E-state index in [1.54, 1.807) is 24.3 Å². The Labute approximate surface area is 162 Å². The van der Waals surface area contributed by atoms with Crippen LogP contribution in [0.15, 0.2) is 47.4 Å². The maximum absolute atomic E-state index is 12.2. The molecule has 0 heterocycles. The molecule has 0 bridgehead atoms. The topological polar surface area (TPSA) is 72.9 Å². The maximum Gasteiger partial charge on any atom is 0.339 e. The second kappa shape index (κ2) is 8.73. The van der Waals surface area contributed by atoms with Crippen molar-refractivity contribution in [3.63, 3.8) is 0 Å². The zero-order valence-electron chi connectivity index (χ0n) is 14.1. The lowest BCUT2D eigenvalue weighted by atomic mass is 10.2. The summed E-state index contributed by atoms with van der Waals surface area (Å²) in [5.41, 5.74) is -0.0302. The van der Waals surface area contributed by atoms with Gasteiger partial charge in [-0.25, -0.2) is 17.5 Å². The van der Waals surface area contributed by atoms with Crippen LogP contribution < -0.4 is 4.74 Å². The van der Waals surface area contributed by atoms with Crippen LogP contribution in [0, 0.1) is 0 Å². The van der Waals surface area contributed by atoms with Crippen molar-refractivity contribution in [2.24, 2.45) is 0 Å². The van der Waals surface area contributed by atoms with Gasteiger partial charge in [-0.1, -0.05) is 29.3 Å². The van der Waals surface area contributed by atoms with Crippen molar-refractivity contribution in [1.82, 2.24) is 4.31 Å². The molecule has 0 fully saturated rings. The Morgan fingerprint density at radius 1 is 1.08 bits per heavy atom. The van der Waals surface area contributed by atoms with Gasteiger partial charge in [0, 0.05) is 19.1 Å². The largest absolute Gasteiger partial charge is 0.490 e. The summed E-state index contributed by atoms with van der Waals surface area (Å²) in [5.74, 6) is -0.189. The summed E-state index contributed by atoms with van der Waals surface area (Å²) in [6.07, 6.45) is 0. The zero-order valence-corrected chi connectivity index (χ0v) is 16.4. The Balaban J connectivity index is 2.01. The Bertz CT molecular complexity index is 900. The third-order valence-corrected chi connectivity index (χ3v) is 5.69. The first-order valence-electron chi connectivity index (χ1n) is 7.49. The highest BCUT2D eigenvalue weighted by Gasteiger charge is 2.21. The van der Waals surface area contributed by atoms with Gasteiger partial charge in [0.15, 0.2) is 0 Å². The lowest BCUT2D eigenvalue weighted by Crippen LogP contribution is -2.22. The van der Waals surface area contributed by atoms with Crippen LogP contribution in [-0.4, -0.2) is 46.0 Å². The van der Waals surface area contributed by atoms with Gasteiger partial charge in [-0.15, -0.1) is 0 Å². The first-order chi connectivity index (χ1) is 12.2. The van der Waals surface area contributed by atoms with Crippen LogP contribution in [0.2, 0.25) is 10.0 Å². The molecule has 0 aliphatic rings. The molecule has 2 aromatic rings. The lowest BCUT2D eigenvalue weighted by Gasteiger charge is -2.13. The van der Waals surface area contributed by atoms with Gasteiger partial charge in [-0.3, -0.25) is 0 Å². The predicted molar refractivity (Wildman–Crippen MR) is 99.6 cm³/mol. The second-order valence-electron chi connectivity index (χ2n) is 5.37. The molecule has 140 valence electrons. The Morgan fingerprint density at radius 3 is 2.46 bits per heavy atom. The Morgan fingerprint density at radius 2 is 1.81 bits per heavy atom. The number of nitrogens with zero attached hydrogens (tertiary/aromatic N) is 1. The summed E-state index contributed by atoms with van der Waals surface area (Å²) >= 11 is 11.8. The number of benzene rings is 2. The minimum Gasteiger partial charge on any atom is -0.490 e. The molecule has 0 atom stereocenters. The lowest BCUT2D eigenvalue weighted by molar-refractivity contribution is 0.0450. The number of carbonyl (C=O) groups is 1. The quantitative estimate of drug-likeness (QED) is 0.509. The molecule has 0 aliphatic heterocycles. The van der Waals surface area contributed by atoms with Gasteiger partial charge in [0.1, 0.15) is 19.0 Å². The van der Waals surface area contributed by atoms with Crippen LogP contribution in [-0.2, 0) is 14.8 Å². The zero-order chi connectivity index (χ0) is 19.3. The van der Waals surface area contributed by atoms with Crippen LogP contribution in [0.3, 0.4) is 0 Å². The summed E-state index contributed by atoms with van der Waals surface area (Å²) in [6.45, 7) is 0.0751. The van der Waals surface area contributed by atoms with Crippen molar-refractivity contribution in [3.05, 3.63) is 58.1 Å². The Kier molecular flexibility index (Phi) is 6.88. The van der Waals surface area contributed by atoms with Crippen LogP contribution in [0.4, 0.5) is 0 Å². The van der Waals surface area contributed by atoms with Crippen LogP contribution in [0.25, 0.3) is 0 Å². The van der Waals surface area contributed by atoms with E-state index in [0.717, 1.165) is 4.31 Å². The monoisotopic (exact) mass is 417 g/mol. The number of sulfonamides is 1. The van der Waals surface area contributed by atoms with E-state index in [1.165, 1.54) is 32.3 Å². The molecular formula is C17H17Cl2NO5S. The number of rotatable bonds is 7. The smallest absolute Gasteiger partial charge is 0.339 e. The van der Waals surface area contributed by atoms with Gasteiger partial charge < -0.3 is 9.47 Å². The summed E-state index contributed by atoms with van der Waals surface area (Å²) in [7, 11) is -0.889. The first kappa shape index (κ1) is 20.5. The molecule has 0 unspecified atom stereocenters. The normalized spacial score (nSPS) is 11.4. The predicted octanol–water partition coefficient (Wildman–Crippen LogP) is 3.48. The fourth-order valence-corrected chi connectivity index (χ4v) is 3.26. The van der Waals surface area contributed by atoms with Crippen LogP contribution in [0.1, 0.15) is 10.4 Å². The highest BCUT2D eigenvalue weighted by Crippen LogP contribution is 2.23. The van der Waals surface area contributed by atoms with E-state index in [9.17, 15) is 13.2 Å². The number of ether oxygens (including phenoxy) is 2. The van der Waals surface area contributed by atoms with Gasteiger partial charge in [-0.2, -0.15) is 0 Å². The third kappa shape index (κ3) is 5.11. The molecule has 0 amide bonds. The number of esters is 1. The van der Waals surface area contributed by atoms with E-state index in [1.807, 2.05) is 0 Å². The molecule has 0 aliphatic carbocycles. The van der Waals surface area contributed by atoms with Gasteiger partial charge in [0.05, 0.1) is 15.5 Å². The minimum absolute atomic E-state index is 0.0302. The third-order valence-electron chi connectivity index (χ3n) is 3.32. The summed E-state index contributed by atoms with van der Waals surface area (Å²) in [6, 6.07) is 10.7. The first-order valence-corrected chi connectivity index (χ1v) is 9.69. The van der Waals surface area contributed by atoms with Gasteiger partial charge in [-0.05, 0) is 36.4 Å². The van der Waals surface area contributed by atoms with Crippen molar-refractivity contribution in [2.75, 3.05) is 27.3 Å². The van der Waals surface area contributed by atoms with Crippen molar-refractivity contribution >= 4 is 39.2 Å². The average molecular weight is 418 g/mol. The second-order valence-corrected chi connectivity index (χ2v) is 8.37. The number of hydrogen-bond acceptors (Lipinski definition) is 5. The molecule has 0 saturated carbocycles. The van der Waals surface area contributed by atoms with Gasteiger partial charge in [0.25, 0.3) is 0 Å². The van der Waals surface area contributed by atoms with Crippen LogP contribution >= 0.6 is 23.2 Å². The number of halogens is 2. The average Bonchev–Trinajstić information content (AvgIpc) is 2.58. The summed E-state index contributed by atoms with van der Waals surface area (Å²) < 4.78 is 35.9. The molecule has 0 radical (unpaired) electrons. The number of hydrogen-bond donors (Lipinski definition) is 0. The van der Waals surface area contributed by atoms with Crippen molar-refractivity contribution < 1.29 is 22.7 Å². The van der Waals surface area contributed by atoms with E-state index in [-0.39, 0.29) is 28.7 Å².